The van der Waals surface area contributed by atoms with Gasteiger partial charge >= 0.3 is 5.97 Å². The predicted octanol–water partition coefficient (Wildman–Crippen LogP) is -0.815. The smallest absolute Gasteiger partial charge is 0.323 e. The number of carboxylic acid groups (broad SMARTS) is 1. The third-order valence-corrected chi connectivity index (χ3v) is 3.98. The second-order valence-corrected chi connectivity index (χ2v) is 5.28. The first-order valence-corrected chi connectivity index (χ1v) is 6.34. The molecule has 0 saturated carbocycles. The Labute approximate surface area is 98.3 Å². The first kappa shape index (κ1) is 12.0. The van der Waals surface area contributed by atoms with E-state index in [9.17, 15) is 13.2 Å². The number of carboxylic acids is 1. The lowest BCUT2D eigenvalue weighted by molar-refractivity contribution is -0.140. The van der Waals surface area contributed by atoms with Crippen LogP contribution < -0.4 is 4.72 Å². The number of nitrogens with zero attached hydrogens (tertiary/aromatic N) is 2. The van der Waals surface area contributed by atoms with E-state index in [0.29, 0.717) is 5.69 Å². The van der Waals surface area contributed by atoms with E-state index >= 15 is 0 Å². The largest absolute Gasteiger partial charge is 0.480 e. The van der Waals surface area contributed by atoms with Gasteiger partial charge in [0.2, 0.25) is 0 Å². The van der Waals surface area contributed by atoms with Gasteiger partial charge in [-0.3, -0.25) is 9.78 Å². The number of aromatic nitrogens is 1. The summed E-state index contributed by atoms with van der Waals surface area (Å²) in [4.78, 5) is 14.9. The molecule has 1 aromatic rings. The summed E-state index contributed by atoms with van der Waals surface area (Å²) < 4.78 is 26.3. The molecule has 0 amide bonds. The fourth-order valence-corrected chi connectivity index (χ4v) is 2.93. The van der Waals surface area contributed by atoms with Crippen molar-refractivity contribution in [2.24, 2.45) is 0 Å². The Morgan fingerprint density at radius 1 is 1.59 bits per heavy atom. The predicted molar refractivity (Wildman–Crippen MR) is 58.1 cm³/mol. The van der Waals surface area contributed by atoms with Crippen LogP contribution in [0.2, 0.25) is 0 Å². The van der Waals surface area contributed by atoms with Crippen LogP contribution in [0, 0.1) is 0 Å². The second-order valence-electron chi connectivity index (χ2n) is 3.57. The van der Waals surface area contributed by atoms with Crippen molar-refractivity contribution in [3.63, 3.8) is 0 Å². The maximum atomic E-state index is 11.6. The summed E-state index contributed by atoms with van der Waals surface area (Å²) in [6, 6.07) is 3.98. The summed E-state index contributed by atoms with van der Waals surface area (Å²) in [7, 11) is -3.72. The fourth-order valence-electron chi connectivity index (χ4n) is 1.59. The zero-order valence-electron chi connectivity index (χ0n) is 8.78. The highest BCUT2D eigenvalue weighted by Gasteiger charge is 2.41. The van der Waals surface area contributed by atoms with Crippen LogP contribution in [-0.2, 0) is 21.5 Å². The minimum absolute atomic E-state index is 0.0485. The Balaban J connectivity index is 2.25. The molecule has 0 bridgehead atoms. The number of rotatable bonds is 3. The van der Waals surface area contributed by atoms with Gasteiger partial charge in [-0.2, -0.15) is 17.4 Å². The Hall–Kier alpha value is -1.51. The number of carbonyl (C=O) groups is 1. The maximum absolute atomic E-state index is 11.6. The summed E-state index contributed by atoms with van der Waals surface area (Å²) in [5.41, 5.74) is 0.506. The summed E-state index contributed by atoms with van der Waals surface area (Å²) >= 11 is 0. The molecule has 2 heterocycles. The lowest BCUT2D eigenvalue weighted by atomic mass is 10.3. The highest BCUT2D eigenvalue weighted by atomic mass is 32.2. The van der Waals surface area contributed by atoms with Gasteiger partial charge in [-0.25, -0.2) is 0 Å². The quantitative estimate of drug-likeness (QED) is 0.737. The molecule has 1 atom stereocenters. The first-order chi connectivity index (χ1) is 8.00. The molecule has 8 heteroatoms. The van der Waals surface area contributed by atoms with Crippen LogP contribution in [0.25, 0.3) is 0 Å². The van der Waals surface area contributed by atoms with E-state index in [4.69, 9.17) is 5.11 Å². The van der Waals surface area contributed by atoms with E-state index in [1.165, 1.54) is 6.20 Å². The van der Waals surface area contributed by atoms with Crippen LogP contribution in [0.15, 0.2) is 24.4 Å². The van der Waals surface area contributed by atoms with Crippen molar-refractivity contribution in [3.05, 3.63) is 30.1 Å². The molecule has 17 heavy (non-hydrogen) atoms. The molecule has 0 radical (unpaired) electrons. The van der Waals surface area contributed by atoms with Crippen LogP contribution >= 0.6 is 0 Å². The lowest BCUT2D eigenvalue weighted by Crippen LogP contribution is -2.39. The number of pyridine rings is 1. The normalized spacial score (nSPS) is 23.6. The molecule has 7 nitrogen and oxygen atoms in total. The lowest BCUT2D eigenvalue weighted by Gasteiger charge is -2.17. The highest BCUT2D eigenvalue weighted by Crippen LogP contribution is 2.16. The zero-order valence-corrected chi connectivity index (χ0v) is 9.59. The average Bonchev–Trinajstić information content (AvgIpc) is 2.56. The Morgan fingerprint density at radius 2 is 2.35 bits per heavy atom. The summed E-state index contributed by atoms with van der Waals surface area (Å²) in [6.45, 7) is -0.169. The van der Waals surface area contributed by atoms with Crippen molar-refractivity contribution in [2.75, 3.05) is 6.54 Å². The molecule has 0 spiro atoms. The van der Waals surface area contributed by atoms with Crippen molar-refractivity contribution in [2.45, 2.75) is 12.6 Å². The van der Waals surface area contributed by atoms with E-state index in [1.807, 2.05) is 0 Å². The summed E-state index contributed by atoms with van der Waals surface area (Å²) in [5.74, 6) is -1.17. The van der Waals surface area contributed by atoms with Crippen molar-refractivity contribution in [1.82, 2.24) is 14.0 Å². The molecule has 1 fully saturated rings. The highest BCUT2D eigenvalue weighted by molar-refractivity contribution is 7.87. The van der Waals surface area contributed by atoms with Gasteiger partial charge in [0.15, 0.2) is 0 Å². The SMILES string of the molecule is O=C(O)C1CNS(=O)(=O)N1Cc1ccccn1. The minimum atomic E-state index is -3.72. The minimum Gasteiger partial charge on any atom is -0.480 e. The average molecular weight is 257 g/mol. The molecule has 1 aromatic heterocycles. The zero-order chi connectivity index (χ0) is 12.5. The van der Waals surface area contributed by atoms with Crippen LogP contribution in [0.3, 0.4) is 0 Å². The molecule has 2 rings (SSSR count). The van der Waals surface area contributed by atoms with Crippen LogP contribution in [-0.4, -0.2) is 41.4 Å². The number of hydrogen-bond acceptors (Lipinski definition) is 4. The summed E-state index contributed by atoms with van der Waals surface area (Å²) in [5, 5.41) is 8.93. The van der Waals surface area contributed by atoms with Crippen LogP contribution in [0.1, 0.15) is 5.69 Å². The van der Waals surface area contributed by atoms with Crippen molar-refractivity contribution >= 4 is 16.2 Å². The molecule has 0 aromatic carbocycles. The van der Waals surface area contributed by atoms with Gasteiger partial charge in [-0.05, 0) is 12.1 Å². The molecular formula is C9H11N3O4S. The molecular weight excluding hydrogens is 246 g/mol. The topological polar surface area (TPSA) is 99.6 Å². The van der Waals surface area contributed by atoms with Crippen LogP contribution in [0.5, 0.6) is 0 Å². The third-order valence-electron chi connectivity index (χ3n) is 2.44. The summed E-state index contributed by atoms with van der Waals surface area (Å²) in [6.07, 6.45) is 1.53. The van der Waals surface area contributed by atoms with Gasteiger partial charge in [0.25, 0.3) is 10.2 Å². The molecule has 0 aliphatic carbocycles. The fraction of sp³-hybridized carbons (Fsp3) is 0.333. The van der Waals surface area contributed by atoms with E-state index in [2.05, 4.69) is 9.71 Å². The number of nitrogens with one attached hydrogen (secondary N) is 1. The molecule has 2 N–H and O–H groups in total. The van der Waals surface area contributed by atoms with Gasteiger partial charge in [0.1, 0.15) is 6.04 Å². The van der Waals surface area contributed by atoms with Gasteiger partial charge in [-0.15, -0.1) is 0 Å². The van der Waals surface area contributed by atoms with Gasteiger partial charge < -0.3 is 5.11 Å². The van der Waals surface area contributed by atoms with Gasteiger partial charge in [0.05, 0.1) is 12.2 Å². The second kappa shape index (κ2) is 4.40. The molecule has 1 saturated heterocycles. The number of hydrogen-bond donors (Lipinski definition) is 2. The van der Waals surface area contributed by atoms with Crippen molar-refractivity contribution in [1.29, 1.82) is 0 Å². The third kappa shape index (κ3) is 2.43. The maximum Gasteiger partial charge on any atom is 0.323 e. The van der Waals surface area contributed by atoms with Gasteiger partial charge in [0, 0.05) is 12.7 Å². The Morgan fingerprint density at radius 3 is 2.94 bits per heavy atom. The van der Waals surface area contributed by atoms with E-state index in [1.54, 1.807) is 18.2 Å². The van der Waals surface area contributed by atoms with E-state index in [-0.39, 0.29) is 13.1 Å². The monoisotopic (exact) mass is 257 g/mol. The first-order valence-electron chi connectivity index (χ1n) is 4.90. The standard InChI is InChI=1S/C9H11N3O4S/c13-9(14)8-5-11-17(15,16)12(8)6-7-3-1-2-4-10-7/h1-4,8,11H,5-6H2,(H,13,14). The van der Waals surface area contributed by atoms with E-state index in [0.717, 1.165) is 4.31 Å². The van der Waals surface area contributed by atoms with Crippen molar-refractivity contribution in [3.8, 4) is 0 Å². The molecule has 1 aliphatic heterocycles. The molecule has 92 valence electrons. The van der Waals surface area contributed by atoms with Crippen molar-refractivity contribution < 1.29 is 18.3 Å². The Bertz CT molecular complexity index is 516. The Kier molecular flexibility index (Phi) is 3.09. The van der Waals surface area contributed by atoms with E-state index < -0.39 is 22.2 Å². The molecule has 1 unspecified atom stereocenters. The number of aliphatic carboxylic acids is 1. The molecule has 1 aliphatic rings. The van der Waals surface area contributed by atoms with Crippen LogP contribution in [0.4, 0.5) is 0 Å². The van der Waals surface area contributed by atoms with Gasteiger partial charge in [-0.1, -0.05) is 6.07 Å².